The van der Waals surface area contributed by atoms with Crippen LogP contribution in [0, 0.1) is 5.92 Å². The lowest BCUT2D eigenvalue weighted by Crippen LogP contribution is -2.44. The number of carbonyl (C=O) groups is 1. The Hall–Kier alpha value is -3.17. The molecule has 9 heteroatoms. The van der Waals surface area contributed by atoms with E-state index in [-0.39, 0.29) is 16.7 Å². The number of rotatable bonds is 7. The lowest BCUT2D eigenvalue weighted by Gasteiger charge is -2.31. The van der Waals surface area contributed by atoms with Crippen molar-refractivity contribution in [2.75, 3.05) is 20.2 Å². The molecule has 33 heavy (non-hydrogen) atoms. The second-order valence-electron chi connectivity index (χ2n) is 8.10. The second kappa shape index (κ2) is 9.76. The first kappa shape index (κ1) is 23.0. The zero-order valence-corrected chi connectivity index (χ0v) is 19.5. The number of sulfonamides is 1. The molecule has 2 aromatic carbocycles. The first-order valence-corrected chi connectivity index (χ1v) is 12.3. The molecule has 1 atom stereocenters. The molecule has 8 nitrogen and oxygen atoms in total. The minimum Gasteiger partial charge on any atom is -0.497 e. The fourth-order valence-corrected chi connectivity index (χ4v) is 5.60. The molecule has 0 saturated carbocycles. The predicted octanol–water partition coefficient (Wildman–Crippen LogP) is 2.74. The fourth-order valence-electron chi connectivity index (χ4n) is 4.11. The highest BCUT2D eigenvalue weighted by Gasteiger charge is 2.33. The standard InChI is InChI=1S/C24H28N4O4S/c1-27-17-14-25-23(27)22(18-8-10-20(32-2)11-9-18)26-24(29)19-12-15-28(16-13-19)33(30,31)21-6-4-3-5-7-21/h3-11,14,17,19,22H,12-13,15-16H2,1-2H3,(H,26,29)/t22-/m0/s1. The smallest absolute Gasteiger partial charge is 0.243 e. The minimum absolute atomic E-state index is 0.101. The summed E-state index contributed by atoms with van der Waals surface area (Å²) in [5.74, 6) is 1.08. The Bertz CT molecular complexity index is 1180. The van der Waals surface area contributed by atoms with Gasteiger partial charge in [0, 0.05) is 38.4 Å². The van der Waals surface area contributed by atoms with Gasteiger partial charge in [-0.25, -0.2) is 13.4 Å². The number of hydrogen-bond acceptors (Lipinski definition) is 5. The summed E-state index contributed by atoms with van der Waals surface area (Å²) in [5.41, 5.74) is 0.891. The van der Waals surface area contributed by atoms with Gasteiger partial charge in [0.2, 0.25) is 15.9 Å². The van der Waals surface area contributed by atoms with E-state index in [1.165, 1.54) is 4.31 Å². The summed E-state index contributed by atoms with van der Waals surface area (Å²) in [6, 6.07) is 15.5. The van der Waals surface area contributed by atoms with E-state index >= 15 is 0 Å². The third kappa shape index (κ3) is 4.94. The maximum absolute atomic E-state index is 13.2. The number of imidazole rings is 1. The second-order valence-corrected chi connectivity index (χ2v) is 10.0. The van der Waals surface area contributed by atoms with Crippen LogP contribution in [0.4, 0.5) is 0 Å². The molecule has 3 aromatic rings. The number of ether oxygens (including phenoxy) is 1. The van der Waals surface area contributed by atoms with Crippen LogP contribution >= 0.6 is 0 Å². The van der Waals surface area contributed by atoms with Crippen LogP contribution in [-0.2, 0) is 21.9 Å². The van der Waals surface area contributed by atoms with Crippen molar-refractivity contribution < 1.29 is 17.9 Å². The maximum atomic E-state index is 13.2. The number of piperidine rings is 1. The van der Waals surface area contributed by atoms with E-state index in [1.807, 2.05) is 42.1 Å². The lowest BCUT2D eigenvalue weighted by atomic mass is 9.96. The lowest BCUT2D eigenvalue weighted by molar-refractivity contribution is -0.126. The number of nitrogens with one attached hydrogen (secondary N) is 1. The monoisotopic (exact) mass is 468 g/mol. The largest absolute Gasteiger partial charge is 0.497 e. The molecule has 0 bridgehead atoms. The Labute approximate surface area is 194 Å². The van der Waals surface area contributed by atoms with E-state index in [2.05, 4.69) is 10.3 Å². The molecule has 1 saturated heterocycles. The van der Waals surface area contributed by atoms with E-state index in [0.29, 0.717) is 25.9 Å². The van der Waals surface area contributed by atoms with Crippen molar-refractivity contribution in [2.24, 2.45) is 13.0 Å². The van der Waals surface area contributed by atoms with Gasteiger partial charge in [-0.1, -0.05) is 30.3 Å². The SMILES string of the molecule is COc1ccc([C@H](NC(=O)C2CCN(S(=O)(=O)c3ccccc3)CC2)c2nccn2C)cc1. The molecule has 1 aromatic heterocycles. The molecule has 0 spiro atoms. The summed E-state index contributed by atoms with van der Waals surface area (Å²) in [4.78, 5) is 17.9. The van der Waals surface area contributed by atoms with Crippen LogP contribution < -0.4 is 10.1 Å². The Morgan fingerprint density at radius 1 is 1.09 bits per heavy atom. The van der Waals surface area contributed by atoms with Crippen molar-refractivity contribution >= 4 is 15.9 Å². The number of aromatic nitrogens is 2. The van der Waals surface area contributed by atoms with E-state index < -0.39 is 16.1 Å². The molecule has 0 radical (unpaired) electrons. The molecule has 1 amide bonds. The molecule has 1 aliphatic rings. The van der Waals surface area contributed by atoms with Gasteiger partial charge in [0.15, 0.2) is 0 Å². The molecule has 1 N–H and O–H groups in total. The zero-order valence-electron chi connectivity index (χ0n) is 18.7. The van der Waals surface area contributed by atoms with Crippen LogP contribution in [0.1, 0.15) is 30.3 Å². The highest BCUT2D eigenvalue weighted by atomic mass is 32.2. The van der Waals surface area contributed by atoms with Crippen LogP contribution in [0.25, 0.3) is 0 Å². The maximum Gasteiger partial charge on any atom is 0.243 e. The van der Waals surface area contributed by atoms with E-state index in [9.17, 15) is 13.2 Å². The predicted molar refractivity (Wildman–Crippen MR) is 124 cm³/mol. The number of benzene rings is 2. The van der Waals surface area contributed by atoms with Gasteiger partial charge in [-0.3, -0.25) is 4.79 Å². The van der Waals surface area contributed by atoms with Crippen molar-refractivity contribution in [3.8, 4) is 5.75 Å². The summed E-state index contributed by atoms with van der Waals surface area (Å²) < 4.78 is 34.3. The number of carbonyl (C=O) groups excluding carboxylic acids is 1. The highest BCUT2D eigenvalue weighted by molar-refractivity contribution is 7.89. The van der Waals surface area contributed by atoms with Gasteiger partial charge < -0.3 is 14.6 Å². The third-order valence-corrected chi connectivity index (χ3v) is 7.97. The normalized spacial score (nSPS) is 16.3. The molecule has 4 rings (SSSR count). The number of methoxy groups -OCH3 is 1. The summed E-state index contributed by atoms with van der Waals surface area (Å²) in [7, 11) is -0.0531. The van der Waals surface area contributed by atoms with Gasteiger partial charge in [-0.05, 0) is 42.7 Å². The molecule has 0 unspecified atom stereocenters. The van der Waals surface area contributed by atoms with Crippen LogP contribution in [0.2, 0.25) is 0 Å². The molecular weight excluding hydrogens is 440 g/mol. The quantitative estimate of drug-likeness (QED) is 0.576. The van der Waals surface area contributed by atoms with Crippen molar-refractivity contribution in [2.45, 2.75) is 23.8 Å². The summed E-state index contributed by atoms with van der Waals surface area (Å²) >= 11 is 0. The van der Waals surface area contributed by atoms with Gasteiger partial charge in [0.25, 0.3) is 0 Å². The molecule has 1 aliphatic heterocycles. The van der Waals surface area contributed by atoms with Crippen LogP contribution in [-0.4, -0.2) is 48.4 Å². The van der Waals surface area contributed by atoms with Gasteiger partial charge >= 0.3 is 0 Å². The van der Waals surface area contributed by atoms with Crippen LogP contribution in [0.3, 0.4) is 0 Å². The first-order valence-electron chi connectivity index (χ1n) is 10.9. The summed E-state index contributed by atoms with van der Waals surface area (Å²) in [6.07, 6.45) is 4.47. The third-order valence-electron chi connectivity index (χ3n) is 6.06. The average molecular weight is 469 g/mol. The fraction of sp³-hybridized carbons (Fsp3) is 0.333. The van der Waals surface area contributed by atoms with Gasteiger partial charge in [-0.2, -0.15) is 4.31 Å². The molecule has 174 valence electrons. The Morgan fingerprint density at radius 2 is 1.76 bits per heavy atom. The van der Waals surface area contributed by atoms with E-state index in [4.69, 9.17) is 4.74 Å². The van der Waals surface area contributed by atoms with Crippen LogP contribution in [0.15, 0.2) is 71.9 Å². The summed E-state index contributed by atoms with van der Waals surface area (Å²) in [6.45, 7) is 0.621. The molecule has 0 aliphatic carbocycles. The number of amides is 1. The van der Waals surface area contributed by atoms with Gasteiger partial charge in [0.05, 0.1) is 12.0 Å². The Morgan fingerprint density at radius 3 is 2.33 bits per heavy atom. The topological polar surface area (TPSA) is 93.5 Å². The minimum atomic E-state index is -3.55. The first-order chi connectivity index (χ1) is 15.9. The number of nitrogens with zero attached hydrogens (tertiary/aromatic N) is 3. The Kier molecular flexibility index (Phi) is 6.80. The van der Waals surface area contributed by atoms with Crippen molar-refractivity contribution in [3.05, 3.63) is 78.4 Å². The van der Waals surface area contributed by atoms with Gasteiger partial charge in [0.1, 0.15) is 17.6 Å². The van der Waals surface area contributed by atoms with Crippen LogP contribution in [0.5, 0.6) is 5.75 Å². The highest BCUT2D eigenvalue weighted by Crippen LogP contribution is 2.27. The molecular formula is C24H28N4O4S. The molecule has 2 heterocycles. The summed E-state index contributed by atoms with van der Waals surface area (Å²) in [5, 5.41) is 3.14. The van der Waals surface area contributed by atoms with Crippen molar-refractivity contribution in [1.29, 1.82) is 0 Å². The zero-order chi connectivity index (χ0) is 23.4. The van der Waals surface area contributed by atoms with Crippen molar-refractivity contribution in [3.63, 3.8) is 0 Å². The molecule has 1 fully saturated rings. The van der Waals surface area contributed by atoms with Gasteiger partial charge in [-0.15, -0.1) is 0 Å². The Balaban J connectivity index is 1.46. The average Bonchev–Trinajstić information content (AvgIpc) is 3.28. The van der Waals surface area contributed by atoms with Crippen molar-refractivity contribution in [1.82, 2.24) is 19.2 Å². The van der Waals surface area contributed by atoms with E-state index in [0.717, 1.165) is 17.1 Å². The number of hydrogen-bond donors (Lipinski definition) is 1. The number of aryl methyl sites for hydroxylation is 1. The van der Waals surface area contributed by atoms with E-state index in [1.54, 1.807) is 43.6 Å².